The zero-order valence-electron chi connectivity index (χ0n) is 14.5. The van der Waals surface area contributed by atoms with Crippen LogP contribution in [0.2, 0.25) is 0 Å². The third-order valence-corrected chi connectivity index (χ3v) is 5.07. The molecule has 0 spiro atoms. The topological polar surface area (TPSA) is 72.7 Å². The summed E-state index contributed by atoms with van der Waals surface area (Å²) < 4.78 is 33.2. The Balaban J connectivity index is 2.14. The largest absolute Gasteiger partial charge is 0.448 e. The van der Waals surface area contributed by atoms with Crippen molar-refractivity contribution in [3.8, 4) is 11.5 Å². The number of fused-ring (bicyclic) bond motifs is 1. The van der Waals surface area contributed by atoms with Crippen LogP contribution in [0.5, 0.6) is 11.5 Å². The molecule has 0 aliphatic carbocycles. The average molecular weight is 441 g/mol. The van der Waals surface area contributed by atoms with E-state index in [0.717, 1.165) is 0 Å². The van der Waals surface area contributed by atoms with Crippen molar-refractivity contribution in [3.05, 3.63) is 56.1 Å². The highest BCUT2D eigenvalue weighted by atomic mass is 79.9. The van der Waals surface area contributed by atoms with Crippen LogP contribution in [0.1, 0.15) is 25.8 Å². The summed E-state index contributed by atoms with van der Waals surface area (Å²) in [5.41, 5.74) is 0.604. The van der Waals surface area contributed by atoms with Gasteiger partial charge >= 0.3 is 5.69 Å². The third-order valence-electron chi connectivity index (χ3n) is 4.45. The standard InChI is InChI=1S/C18H15BrF2N2O4/c1-9-3-4-11-15(22(9)10(2)24)6-5-12(19)18(11)27-17-8-14(21)13(20)7-16(17)23(25)26/h5-9H,3-4H2,1-2H3/t9-/m0/s1. The van der Waals surface area contributed by atoms with Gasteiger partial charge in [0.25, 0.3) is 0 Å². The second-order valence-electron chi connectivity index (χ2n) is 6.24. The number of nitrogens with zero attached hydrogens (tertiary/aromatic N) is 2. The van der Waals surface area contributed by atoms with Crippen LogP contribution in [0, 0.1) is 21.7 Å². The van der Waals surface area contributed by atoms with Gasteiger partial charge in [0.05, 0.1) is 21.1 Å². The van der Waals surface area contributed by atoms with E-state index in [2.05, 4.69) is 15.9 Å². The zero-order chi connectivity index (χ0) is 19.9. The Hall–Kier alpha value is -2.55. The third kappa shape index (κ3) is 3.51. The quantitative estimate of drug-likeness (QED) is 0.490. The van der Waals surface area contributed by atoms with Gasteiger partial charge in [0.2, 0.25) is 11.7 Å². The Kier molecular flexibility index (Phi) is 5.14. The molecule has 142 valence electrons. The van der Waals surface area contributed by atoms with Crippen molar-refractivity contribution in [3.63, 3.8) is 0 Å². The summed E-state index contributed by atoms with van der Waals surface area (Å²) in [5.74, 6) is -2.91. The molecule has 1 heterocycles. The van der Waals surface area contributed by atoms with E-state index in [1.54, 1.807) is 17.0 Å². The van der Waals surface area contributed by atoms with Crippen molar-refractivity contribution in [1.82, 2.24) is 0 Å². The summed E-state index contributed by atoms with van der Waals surface area (Å²) in [5, 5.41) is 11.2. The summed E-state index contributed by atoms with van der Waals surface area (Å²) in [6.45, 7) is 3.38. The molecule has 2 aromatic carbocycles. The van der Waals surface area contributed by atoms with Crippen molar-refractivity contribution in [2.75, 3.05) is 4.90 Å². The Morgan fingerprint density at radius 2 is 2.00 bits per heavy atom. The SMILES string of the molecule is CC(=O)N1c2ccc(Br)c(Oc3cc(F)c(F)cc3[N+](=O)[O-])c2CC[C@@H]1C. The molecule has 0 radical (unpaired) electrons. The first-order valence-electron chi connectivity index (χ1n) is 8.13. The number of amides is 1. The smallest absolute Gasteiger partial charge is 0.314 e. The van der Waals surface area contributed by atoms with Crippen molar-refractivity contribution in [2.45, 2.75) is 32.7 Å². The van der Waals surface area contributed by atoms with E-state index in [4.69, 9.17) is 4.74 Å². The van der Waals surface area contributed by atoms with E-state index < -0.39 is 28.0 Å². The second-order valence-corrected chi connectivity index (χ2v) is 7.10. The van der Waals surface area contributed by atoms with Crippen LogP contribution in [-0.4, -0.2) is 16.9 Å². The van der Waals surface area contributed by atoms with Gasteiger partial charge in [-0.2, -0.15) is 0 Å². The van der Waals surface area contributed by atoms with Crippen molar-refractivity contribution in [1.29, 1.82) is 0 Å². The zero-order valence-corrected chi connectivity index (χ0v) is 16.0. The maximum atomic E-state index is 13.6. The number of benzene rings is 2. The molecule has 0 N–H and O–H groups in total. The number of carbonyl (C=O) groups excluding carboxylic acids is 1. The summed E-state index contributed by atoms with van der Waals surface area (Å²) in [6, 6.07) is 4.52. The van der Waals surface area contributed by atoms with Crippen molar-refractivity contribution >= 4 is 33.2 Å². The van der Waals surface area contributed by atoms with Crippen LogP contribution < -0.4 is 9.64 Å². The second kappa shape index (κ2) is 7.22. The molecule has 0 aromatic heterocycles. The minimum Gasteiger partial charge on any atom is -0.448 e. The number of rotatable bonds is 3. The van der Waals surface area contributed by atoms with Crippen LogP contribution in [-0.2, 0) is 11.2 Å². The molecule has 1 atom stereocenters. The van der Waals surface area contributed by atoms with Crippen LogP contribution in [0.25, 0.3) is 0 Å². The first-order valence-corrected chi connectivity index (χ1v) is 8.92. The maximum Gasteiger partial charge on any atom is 0.314 e. The number of nitro groups is 1. The molecule has 1 aliphatic rings. The summed E-state index contributed by atoms with van der Waals surface area (Å²) in [6.07, 6.45) is 1.23. The minimum absolute atomic E-state index is 0.0124. The minimum atomic E-state index is -1.33. The van der Waals surface area contributed by atoms with Gasteiger partial charge in [0, 0.05) is 24.6 Å². The molecular weight excluding hydrogens is 426 g/mol. The Bertz CT molecular complexity index is 951. The number of anilines is 1. The van der Waals surface area contributed by atoms with Gasteiger partial charge < -0.3 is 9.64 Å². The lowest BCUT2D eigenvalue weighted by atomic mass is 9.95. The lowest BCUT2D eigenvalue weighted by molar-refractivity contribution is -0.385. The number of hydrogen-bond donors (Lipinski definition) is 0. The molecule has 0 saturated heterocycles. The van der Waals surface area contributed by atoms with E-state index in [1.165, 1.54) is 6.92 Å². The lowest BCUT2D eigenvalue weighted by Crippen LogP contribution is -2.40. The van der Waals surface area contributed by atoms with Crippen LogP contribution in [0.4, 0.5) is 20.2 Å². The molecule has 0 saturated carbocycles. The molecule has 1 aliphatic heterocycles. The van der Waals surface area contributed by atoms with E-state index in [9.17, 15) is 23.7 Å². The van der Waals surface area contributed by atoms with Gasteiger partial charge in [-0.05, 0) is 47.8 Å². The summed E-state index contributed by atoms with van der Waals surface area (Å²) in [7, 11) is 0. The first-order chi connectivity index (χ1) is 12.7. The summed E-state index contributed by atoms with van der Waals surface area (Å²) >= 11 is 3.33. The molecular formula is C18H15BrF2N2O4. The number of hydrogen-bond acceptors (Lipinski definition) is 4. The fraction of sp³-hybridized carbons (Fsp3) is 0.278. The molecule has 9 heteroatoms. The Labute approximate surface area is 162 Å². The fourth-order valence-corrected chi connectivity index (χ4v) is 3.67. The highest BCUT2D eigenvalue weighted by molar-refractivity contribution is 9.10. The van der Waals surface area contributed by atoms with Crippen LogP contribution in [0.15, 0.2) is 28.7 Å². The van der Waals surface area contributed by atoms with Crippen molar-refractivity contribution < 1.29 is 23.2 Å². The lowest BCUT2D eigenvalue weighted by Gasteiger charge is -2.35. The van der Waals surface area contributed by atoms with Gasteiger partial charge in [-0.3, -0.25) is 14.9 Å². The molecule has 6 nitrogen and oxygen atoms in total. The predicted octanol–water partition coefficient (Wildman–Crippen LogP) is 5.12. The molecule has 1 amide bonds. The molecule has 0 fully saturated rings. The van der Waals surface area contributed by atoms with Gasteiger partial charge in [-0.15, -0.1) is 0 Å². The number of nitro benzene ring substituents is 1. The molecule has 27 heavy (non-hydrogen) atoms. The highest BCUT2D eigenvalue weighted by Gasteiger charge is 2.30. The van der Waals surface area contributed by atoms with Gasteiger partial charge in [-0.25, -0.2) is 8.78 Å². The molecule has 0 bridgehead atoms. The molecule has 2 aromatic rings. The number of ether oxygens (including phenoxy) is 1. The van der Waals surface area contributed by atoms with E-state index in [0.29, 0.717) is 40.7 Å². The summed E-state index contributed by atoms with van der Waals surface area (Å²) in [4.78, 5) is 24.0. The van der Waals surface area contributed by atoms with Gasteiger partial charge in [0.15, 0.2) is 11.6 Å². The predicted molar refractivity (Wildman–Crippen MR) is 98.2 cm³/mol. The number of halogens is 3. The van der Waals surface area contributed by atoms with Gasteiger partial charge in [-0.1, -0.05) is 0 Å². The van der Waals surface area contributed by atoms with Crippen LogP contribution in [0.3, 0.4) is 0 Å². The van der Waals surface area contributed by atoms with Crippen molar-refractivity contribution in [2.24, 2.45) is 0 Å². The highest BCUT2D eigenvalue weighted by Crippen LogP contribution is 2.44. The van der Waals surface area contributed by atoms with Gasteiger partial charge in [0.1, 0.15) is 5.75 Å². The monoisotopic (exact) mass is 440 g/mol. The van der Waals surface area contributed by atoms with E-state index >= 15 is 0 Å². The first kappa shape index (κ1) is 19.2. The number of carbonyl (C=O) groups is 1. The fourth-order valence-electron chi connectivity index (χ4n) is 3.22. The average Bonchev–Trinajstić information content (AvgIpc) is 2.59. The van der Waals surface area contributed by atoms with E-state index in [1.807, 2.05) is 6.92 Å². The normalized spacial score (nSPS) is 16.0. The van der Waals surface area contributed by atoms with Crippen LogP contribution >= 0.6 is 15.9 Å². The Morgan fingerprint density at radius 1 is 1.33 bits per heavy atom. The Morgan fingerprint density at radius 3 is 2.63 bits per heavy atom. The van der Waals surface area contributed by atoms with E-state index in [-0.39, 0.29) is 17.7 Å². The maximum absolute atomic E-state index is 13.6. The molecule has 3 rings (SSSR count). The molecule has 0 unspecified atom stereocenters.